The number of aromatic nitrogens is 1. The minimum Gasteiger partial charge on any atom is -0.313 e. The summed E-state index contributed by atoms with van der Waals surface area (Å²) in [5, 5.41) is 7.40. The van der Waals surface area contributed by atoms with E-state index in [1.54, 1.807) is 11.3 Å². The first kappa shape index (κ1) is 13.5. The van der Waals surface area contributed by atoms with Gasteiger partial charge in [-0.2, -0.15) is 0 Å². The molecule has 0 radical (unpaired) electrons. The lowest BCUT2D eigenvalue weighted by atomic mass is 10.0. The third-order valence-electron chi connectivity index (χ3n) is 2.99. The Morgan fingerprint density at radius 3 is 2.78 bits per heavy atom. The Hall–Kier alpha value is -0.900. The molecule has 4 heteroatoms. The first-order chi connectivity index (χ1) is 8.61. The molecule has 1 heterocycles. The Labute approximate surface area is 117 Å². The fraction of sp³-hybridized carbons (Fsp3) is 0.357. The van der Waals surface area contributed by atoms with Crippen LogP contribution in [0.5, 0.6) is 0 Å². The summed E-state index contributed by atoms with van der Waals surface area (Å²) in [6.45, 7) is 4.06. The maximum atomic E-state index is 6.38. The molecule has 1 atom stereocenters. The van der Waals surface area contributed by atoms with E-state index in [-0.39, 0.29) is 6.04 Å². The highest BCUT2D eigenvalue weighted by Crippen LogP contribution is 2.28. The molecule has 0 bridgehead atoms. The standard InChI is InChI=1S/C14H17ClN2S/c1-9-5-4-6-11(14(9)15)12(16-3)7-13-17-10(2)8-18-13/h4-6,8,12,16H,7H2,1-3H3. The molecule has 2 aromatic rings. The number of nitrogens with one attached hydrogen (secondary N) is 1. The second kappa shape index (κ2) is 5.83. The van der Waals surface area contributed by atoms with E-state index in [0.717, 1.165) is 33.3 Å². The highest BCUT2D eigenvalue weighted by atomic mass is 35.5. The van der Waals surface area contributed by atoms with Crippen LogP contribution in [0.3, 0.4) is 0 Å². The Bertz CT molecular complexity index is 536. The van der Waals surface area contributed by atoms with Crippen molar-refractivity contribution in [2.24, 2.45) is 0 Å². The zero-order valence-corrected chi connectivity index (χ0v) is 12.4. The van der Waals surface area contributed by atoms with Gasteiger partial charge in [0, 0.05) is 28.6 Å². The summed E-state index contributed by atoms with van der Waals surface area (Å²) in [5.74, 6) is 0. The fourth-order valence-electron chi connectivity index (χ4n) is 1.98. The molecule has 0 aliphatic heterocycles. The van der Waals surface area contributed by atoms with E-state index in [1.165, 1.54) is 0 Å². The van der Waals surface area contributed by atoms with Crippen molar-refractivity contribution in [3.63, 3.8) is 0 Å². The molecule has 2 rings (SSSR count). The number of hydrogen-bond acceptors (Lipinski definition) is 3. The van der Waals surface area contributed by atoms with Gasteiger partial charge in [0.25, 0.3) is 0 Å². The summed E-state index contributed by atoms with van der Waals surface area (Å²) in [7, 11) is 1.96. The van der Waals surface area contributed by atoms with Gasteiger partial charge in [-0.3, -0.25) is 0 Å². The van der Waals surface area contributed by atoms with E-state index in [1.807, 2.05) is 33.0 Å². The second-order valence-corrected chi connectivity index (χ2v) is 5.73. The molecule has 1 unspecified atom stereocenters. The van der Waals surface area contributed by atoms with Crippen LogP contribution in [0.1, 0.15) is 27.9 Å². The Morgan fingerprint density at radius 1 is 1.39 bits per heavy atom. The van der Waals surface area contributed by atoms with Crippen LogP contribution < -0.4 is 5.32 Å². The molecule has 1 aromatic carbocycles. The molecular formula is C14H17ClN2S. The van der Waals surface area contributed by atoms with Crippen LogP contribution in [0.25, 0.3) is 0 Å². The van der Waals surface area contributed by atoms with Gasteiger partial charge in [0.15, 0.2) is 0 Å². The average Bonchev–Trinajstić information content (AvgIpc) is 2.76. The molecule has 96 valence electrons. The molecule has 0 aliphatic rings. The molecular weight excluding hydrogens is 264 g/mol. The predicted molar refractivity (Wildman–Crippen MR) is 78.5 cm³/mol. The predicted octanol–water partition coefficient (Wildman–Crippen LogP) is 3.92. The van der Waals surface area contributed by atoms with Crippen LogP contribution in [0.2, 0.25) is 5.02 Å². The topological polar surface area (TPSA) is 24.9 Å². The van der Waals surface area contributed by atoms with Crippen molar-refractivity contribution in [1.29, 1.82) is 0 Å². The third-order valence-corrected chi connectivity index (χ3v) is 4.50. The van der Waals surface area contributed by atoms with Crippen molar-refractivity contribution in [2.75, 3.05) is 7.05 Å². The van der Waals surface area contributed by atoms with Gasteiger partial charge >= 0.3 is 0 Å². The first-order valence-electron chi connectivity index (χ1n) is 5.95. The number of rotatable bonds is 4. The maximum Gasteiger partial charge on any atom is 0.0947 e. The van der Waals surface area contributed by atoms with Crippen LogP contribution >= 0.6 is 22.9 Å². The van der Waals surface area contributed by atoms with Crippen molar-refractivity contribution < 1.29 is 0 Å². The zero-order chi connectivity index (χ0) is 13.1. The lowest BCUT2D eigenvalue weighted by molar-refractivity contribution is 0.590. The number of benzene rings is 1. The van der Waals surface area contributed by atoms with Crippen molar-refractivity contribution in [1.82, 2.24) is 10.3 Å². The smallest absolute Gasteiger partial charge is 0.0947 e. The summed E-state index contributed by atoms with van der Waals surface area (Å²) in [6, 6.07) is 6.37. The van der Waals surface area contributed by atoms with Gasteiger partial charge in [0.05, 0.1) is 5.01 Å². The minimum atomic E-state index is 0.211. The Kier molecular flexibility index (Phi) is 4.38. The normalized spacial score (nSPS) is 12.7. The third kappa shape index (κ3) is 2.91. The number of aryl methyl sites for hydroxylation is 2. The van der Waals surface area contributed by atoms with E-state index >= 15 is 0 Å². The largest absolute Gasteiger partial charge is 0.313 e. The van der Waals surface area contributed by atoms with E-state index in [0.29, 0.717) is 0 Å². The average molecular weight is 281 g/mol. The van der Waals surface area contributed by atoms with Gasteiger partial charge in [-0.1, -0.05) is 29.8 Å². The van der Waals surface area contributed by atoms with Gasteiger partial charge in [-0.15, -0.1) is 11.3 Å². The highest BCUT2D eigenvalue weighted by Gasteiger charge is 2.16. The van der Waals surface area contributed by atoms with Crippen molar-refractivity contribution in [3.05, 3.63) is 50.4 Å². The zero-order valence-electron chi connectivity index (χ0n) is 10.8. The van der Waals surface area contributed by atoms with Crippen molar-refractivity contribution in [3.8, 4) is 0 Å². The number of hydrogen-bond donors (Lipinski definition) is 1. The van der Waals surface area contributed by atoms with Crippen LogP contribution in [0, 0.1) is 13.8 Å². The lowest BCUT2D eigenvalue weighted by Gasteiger charge is -2.17. The number of thiazole rings is 1. The van der Waals surface area contributed by atoms with Gasteiger partial charge in [0.1, 0.15) is 0 Å². The van der Waals surface area contributed by atoms with Crippen molar-refractivity contribution in [2.45, 2.75) is 26.3 Å². The summed E-state index contributed by atoms with van der Waals surface area (Å²) >= 11 is 8.08. The van der Waals surface area contributed by atoms with Gasteiger partial charge < -0.3 is 5.32 Å². The molecule has 1 N–H and O–H groups in total. The van der Waals surface area contributed by atoms with E-state index in [2.05, 4.69) is 21.7 Å². The van der Waals surface area contributed by atoms with Gasteiger partial charge in [-0.05, 0) is 32.0 Å². The molecule has 0 aliphatic carbocycles. The molecule has 0 saturated carbocycles. The number of likely N-dealkylation sites (N-methyl/N-ethyl adjacent to an activating group) is 1. The first-order valence-corrected chi connectivity index (χ1v) is 7.21. The second-order valence-electron chi connectivity index (χ2n) is 4.41. The summed E-state index contributed by atoms with van der Waals surface area (Å²) in [5.41, 5.74) is 3.34. The van der Waals surface area contributed by atoms with Crippen LogP contribution in [0.15, 0.2) is 23.6 Å². The van der Waals surface area contributed by atoms with E-state index in [9.17, 15) is 0 Å². The molecule has 2 nitrogen and oxygen atoms in total. The summed E-state index contributed by atoms with van der Waals surface area (Å²) in [4.78, 5) is 4.51. The molecule has 18 heavy (non-hydrogen) atoms. The summed E-state index contributed by atoms with van der Waals surface area (Å²) in [6.07, 6.45) is 0.873. The minimum absolute atomic E-state index is 0.211. The molecule has 0 spiro atoms. The van der Waals surface area contributed by atoms with Crippen LogP contribution in [-0.2, 0) is 6.42 Å². The maximum absolute atomic E-state index is 6.38. The van der Waals surface area contributed by atoms with Gasteiger partial charge in [0.2, 0.25) is 0 Å². The quantitative estimate of drug-likeness (QED) is 0.918. The molecule has 0 saturated heterocycles. The number of nitrogens with zero attached hydrogens (tertiary/aromatic N) is 1. The fourth-order valence-corrected chi connectivity index (χ4v) is 3.05. The van der Waals surface area contributed by atoms with E-state index in [4.69, 9.17) is 11.6 Å². The van der Waals surface area contributed by atoms with E-state index < -0.39 is 0 Å². The van der Waals surface area contributed by atoms with Gasteiger partial charge in [-0.25, -0.2) is 4.98 Å². The van der Waals surface area contributed by atoms with Crippen molar-refractivity contribution >= 4 is 22.9 Å². The Balaban J connectivity index is 2.25. The molecule has 0 amide bonds. The molecule has 0 fully saturated rings. The molecule has 1 aromatic heterocycles. The van der Waals surface area contributed by atoms with Crippen LogP contribution in [-0.4, -0.2) is 12.0 Å². The SMILES string of the molecule is CNC(Cc1nc(C)cs1)c1cccc(C)c1Cl. The summed E-state index contributed by atoms with van der Waals surface area (Å²) < 4.78 is 0. The lowest BCUT2D eigenvalue weighted by Crippen LogP contribution is -2.19. The Morgan fingerprint density at radius 2 is 2.17 bits per heavy atom. The highest BCUT2D eigenvalue weighted by molar-refractivity contribution is 7.09. The number of halogens is 1. The monoisotopic (exact) mass is 280 g/mol. The van der Waals surface area contributed by atoms with Crippen LogP contribution in [0.4, 0.5) is 0 Å².